The first-order valence-electron chi connectivity index (χ1n) is 4.66. The number of aldehydes is 1. The lowest BCUT2D eigenvalue weighted by Gasteiger charge is -1.96. The number of nitrogen functional groups attached to an aromatic ring is 1. The Hall–Kier alpha value is -0.780. The van der Waals surface area contributed by atoms with Crippen molar-refractivity contribution in [1.82, 2.24) is 0 Å². The average molecular weight is 364 g/mol. The highest BCUT2D eigenvalue weighted by Gasteiger charge is 1.97. The molecular weight excluding hydrogens is 351 g/mol. The summed E-state index contributed by atoms with van der Waals surface area (Å²) in [6.45, 7) is 0.869. The maximum atomic E-state index is 10.3. The first kappa shape index (κ1) is 16.2. The SMILES string of the molecule is COCCSI.N#Cc1ccc(N)c(C=O)c1. The minimum Gasteiger partial charge on any atom is -0.398 e. The summed E-state index contributed by atoms with van der Waals surface area (Å²) in [6.07, 6.45) is 0.635. The van der Waals surface area contributed by atoms with Crippen LogP contribution in [0.15, 0.2) is 18.2 Å². The molecule has 0 aromatic heterocycles. The molecule has 4 nitrogen and oxygen atoms in total. The molecule has 0 heterocycles. The van der Waals surface area contributed by atoms with Crippen molar-refractivity contribution in [1.29, 1.82) is 5.26 Å². The topological polar surface area (TPSA) is 76.1 Å². The molecule has 6 heteroatoms. The molecule has 0 bridgehead atoms. The number of methoxy groups -OCH3 is 1. The van der Waals surface area contributed by atoms with Gasteiger partial charge in [-0.15, -0.1) is 0 Å². The van der Waals surface area contributed by atoms with E-state index in [1.54, 1.807) is 28.2 Å². The summed E-state index contributed by atoms with van der Waals surface area (Å²) in [7, 11) is 3.49. The van der Waals surface area contributed by atoms with Crippen molar-refractivity contribution >= 4 is 42.1 Å². The van der Waals surface area contributed by atoms with Crippen LogP contribution in [0.25, 0.3) is 0 Å². The molecule has 1 aromatic carbocycles. The van der Waals surface area contributed by atoms with Gasteiger partial charge in [-0.25, -0.2) is 0 Å². The van der Waals surface area contributed by atoms with Gasteiger partial charge in [-0.3, -0.25) is 4.79 Å². The lowest BCUT2D eigenvalue weighted by molar-refractivity contribution is 0.112. The van der Waals surface area contributed by atoms with Gasteiger partial charge < -0.3 is 10.5 Å². The number of carbonyl (C=O) groups is 1. The molecule has 0 aliphatic carbocycles. The van der Waals surface area contributed by atoms with Crippen LogP contribution in [0.1, 0.15) is 15.9 Å². The Kier molecular flexibility index (Phi) is 9.90. The third kappa shape index (κ3) is 7.20. The van der Waals surface area contributed by atoms with Crippen molar-refractivity contribution in [2.24, 2.45) is 0 Å². The maximum absolute atomic E-state index is 10.3. The molecule has 0 aliphatic heterocycles. The monoisotopic (exact) mass is 364 g/mol. The van der Waals surface area contributed by atoms with Gasteiger partial charge in [0.2, 0.25) is 0 Å². The van der Waals surface area contributed by atoms with Crippen LogP contribution in [-0.2, 0) is 4.74 Å². The Morgan fingerprint density at radius 3 is 2.76 bits per heavy atom. The Morgan fingerprint density at radius 1 is 1.65 bits per heavy atom. The number of benzene rings is 1. The van der Waals surface area contributed by atoms with E-state index in [4.69, 9.17) is 15.7 Å². The van der Waals surface area contributed by atoms with E-state index < -0.39 is 0 Å². The van der Waals surface area contributed by atoms with Gasteiger partial charge >= 0.3 is 0 Å². The van der Waals surface area contributed by atoms with E-state index in [1.807, 2.05) is 6.07 Å². The summed E-state index contributed by atoms with van der Waals surface area (Å²) in [5.74, 6) is 1.09. The summed E-state index contributed by atoms with van der Waals surface area (Å²) < 4.78 is 4.76. The van der Waals surface area contributed by atoms with Crippen molar-refractivity contribution in [2.45, 2.75) is 0 Å². The molecule has 0 fully saturated rings. The molecular formula is C11H13IN2O2S. The fraction of sp³-hybridized carbons (Fsp3) is 0.273. The fourth-order valence-corrected chi connectivity index (χ4v) is 1.63. The number of ether oxygens (including phenoxy) is 1. The Bertz CT molecular complexity index is 390. The molecule has 92 valence electrons. The largest absolute Gasteiger partial charge is 0.398 e. The van der Waals surface area contributed by atoms with Crippen LogP contribution in [0.4, 0.5) is 5.69 Å². The van der Waals surface area contributed by atoms with E-state index in [9.17, 15) is 4.79 Å². The molecule has 1 aromatic rings. The standard InChI is InChI=1S/C8H6N2O.C3H7IOS/c9-4-6-1-2-8(10)7(3-6)5-11;1-5-2-3-6-4/h1-3,5H,10H2;2-3H2,1H3. The van der Waals surface area contributed by atoms with Crippen molar-refractivity contribution in [3.63, 3.8) is 0 Å². The van der Waals surface area contributed by atoms with E-state index >= 15 is 0 Å². The van der Waals surface area contributed by atoms with Crippen molar-refractivity contribution in [3.8, 4) is 6.07 Å². The van der Waals surface area contributed by atoms with Gasteiger partial charge in [0.05, 0.1) is 18.2 Å². The zero-order valence-electron chi connectivity index (χ0n) is 9.35. The van der Waals surface area contributed by atoms with Crippen LogP contribution >= 0.6 is 30.1 Å². The molecule has 2 N–H and O–H groups in total. The Labute approximate surface area is 117 Å². The quantitative estimate of drug-likeness (QED) is 0.385. The summed E-state index contributed by atoms with van der Waals surface area (Å²) in [6, 6.07) is 6.49. The van der Waals surface area contributed by atoms with Gasteiger partial charge in [0.25, 0.3) is 0 Å². The van der Waals surface area contributed by atoms with Crippen LogP contribution < -0.4 is 5.73 Å². The van der Waals surface area contributed by atoms with Gasteiger partial charge in [0, 0.05) is 24.1 Å². The normalized spacial score (nSPS) is 8.76. The van der Waals surface area contributed by atoms with Crippen LogP contribution in [0.5, 0.6) is 0 Å². The molecule has 0 unspecified atom stereocenters. The van der Waals surface area contributed by atoms with Gasteiger partial charge in [-0.05, 0) is 39.4 Å². The highest BCUT2D eigenvalue weighted by atomic mass is 127. The number of hydrogen-bond donors (Lipinski definition) is 1. The lowest BCUT2D eigenvalue weighted by Crippen LogP contribution is -1.92. The molecule has 17 heavy (non-hydrogen) atoms. The zero-order chi connectivity index (χ0) is 13.1. The molecule has 0 aliphatic rings. The van der Waals surface area contributed by atoms with Crippen LogP contribution in [0.2, 0.25) is 0 Å². The van der Waals surface area contributed by atoms with Crippen molar-refractivity contribution < 1.29 is 9.53 Å². The first-order chi connectivity index (χ1) is 8.19. The van der Waals surface area contributed by atoms with Crippen molar-refractivity contribution in [2.75, 3.05) is 25.2 Å². The number of nitriles is 1. The molecule has 0 saturated heterocycles. The summed E-state index contributed by atoms with van der Waals surface area (Å²) in [5, 5.41) is 8.44. The van der Waals surface area contributed by atoms with Gasteiger partial charge in [0.1, 0.15) is 0 Å². The van der Waals surface area contributed by atoms with Crippen LogP contribution in [0.3, 0.4) is 0 Å². The highest BCUT2D eigenvalue weighted by molar-refractivity contribution is 14.2. The number of carbonyl (C=O) groups excluding carboxylic acids is 1. The van der Waals surface area contributed by atoms with Crippen molar-refractivity contribution in [3.05, 3.63) is 29.3 Å². The number of nitrogens with zero attached hydrogens (tertiary/aromatic N) is 1. The average Bonchev–Trinajstić information content (AvgIpc) is 2.37. The minimum atomic E-state index is 0.365. The number of halogens is 1. The lowest BCUT2D eigenvalue weighted by atomic mass is 10.1. The molecule has 0 spiro atoms. The predicted molar refractivity (Wildman–Crippen MR) is 79.3 cm³/mol. The van der Waals surface area contributed by atoms with E-state index in [2.05, 4.69) is 21.2 Å². The molecule has 0 radical (unpaired) electrons. The van der Waals surface area contributed by atoms with Crippen LogP contribution in [-0.4, -0.2) is 25.8 Å². The maximum Gasteiger partial charge on any atom is 0.152 e. The second-order valence-corrected chi connectivity index (χ2v) is 5.37. The minimum absolute atomic E-state index is 0.365. The predicted octanol–water partition coefficient (Wildman–Crippen LogP) is 2.67. The van der Waals surface area contributed by atoms with Gasteiger partial charge in [-0.1, -0.05) is 8.93 Å². The molecule has 0 amide bonds. The number of nitrogens with two attached hydrogens (primary N) is 1. The second-order valence-electron chi connectivity index (χ2n) is 2.88. The number of hydrogen-bond acceptors (Lipinski definition) is 5. The molecule has 0 saturated carbocycles. The van der Waals surface area contributed by atoms with E-state index in [0.29, 0.717) is 23.1 Å². The fourth-order valence-electron chi connectivity index (χ4n) is 0.861. The van der Waals surface area contributed by atoms with E-state index in [-0.39, 0.29) is 0 Å². The molecule has 1 rings (SSSR count). The summed E-state index contributed by atoms with van der Waals surface area (Å²) >= 11 is 2.25. The first-order valence-corrected chi connectivity index (χ1v) is 8.19. The number of anilines is 1. The summed E-state index contributed by atoms with van der Waals surface area (Å²) in [4.78, 5) is 10.3. The van der Waals surface area contributed by atoms with Crippen LogP contribution in [0, 0.1) is 11.3 Å². The molecule has 0 atom stereocenters. The second kappa shape index (κ2) is 10.4. The van der Waals surface area contributed by atoms with E-state index in [1.165, 1.54) is 6.07 Å². The Balaban J connectivity index is 0.000000366. The van der Waals surface area contributed by atoms with Gasteiger partial charge in [0.15, 0.2) is 6.29 Å². The zero-order valence-corrected chi connectivity index (χ0v) is 12.3. The highest BCUT2D eigenvalue weighted by Crippen LogP contribution is 2.10. The smallest absolute Gasteiger partial charge is 0.152 e. The Morgan fingerprint density at radius 2 is 2.35 bits per heavy atom. The third-order valence-electron chi connectivity index (χ3n) is 1.71. The summed E-state index contributed by atoms with van der Waals surface area (Å²) in [5.41, 5.74) is 6.63. The number of rotatable bonds is 4. The third-order valence-corrected chi connectivity index (χ3v) is 3.35. The van der Waals surface area contributed by atoms with Gasteiger partial charge in [-0.2, -0.15) is 5.26 Å². The van der Waals surface area contributed by atoms with E-state index in [0.717, 1.165) is 12.4 Å².